The van der Waals surface area contributed by atoms with Crippen LogP contribution in [0, 0.1) is 5.82 Å². The number of carbonyl (C=O) groups excluding carboxylic acids is 1. The van der Waals surface area contributed by atoms with Gasteiger partial charge in [0.2, 0.25) is 0 Å². The van der Waals surface area contributed by atoms with Gasteiger partial charge in [-0.1, -0.05) is 37.1 Å². The fourth-order valence-electron chi connectivity index (χ4n) is 3.07. The summed E-state index contributed by atoms with van der Waals surface area (Å²) in [5.41, 5.74) is 0.326. The fourth-order valence-corrected chi connectivity index (χ4v) is 3.07. The molecule has 1 aromatic carbocycles. The number of carbonyl (C=O) groups is 1. The van der Waals surface area contributed by atoms with Gasteiger partial charge in [0.15, 0.2) is 0 Å². The summed E-state index contributed by atoms with van der Waals surface area (Å²) in [5, 5.41) is 3.02. The molecule has 3 rings (SSSR count). The van der Waals surface area contributed by atoms with Gasteiger partial charge < -0.3 is 5.32 Å². The van der Waals surface area contributed by atoms with Crippen LogP contribution < -0.4 is 5.32 Å². The van der Waals surface area contributed by atoms with Crippen LogP contribution in [0.4, 0.5) is 4.39 Å². The second-order valence-corrected chi connectivity index (χ2v) is 5.44. The van der Waals surface area contributed by atoms with Crippen LogP contribution in [-0.4, -0.2) is 10.9 Å². The molecule has 108 valence electrons. The van der Waals surface area contributed by atoms with Gasteiger partial charge in [-0.2, -0.15) is 0 Å². The first-order valence-electron chi connectivity index (χ1n) is 7.20. The first-order valence-corrected chi connectivity index (χ1v) is 7.20. The summed E-state index contributed by atoms with van der Waals surface area (Å²) in [6, 6.07) is 11.9. The number of amides is 1. The Morgan fingerprint density at radius 2 is 1.81 bits per heavy atom. The Bertz CT molecular complexity index is 636. The summed E-state index contributed by atoms with van der Waals surface area (Å²) < 4.78 is 14.2. The SMILES string of the molecule is O=C(NC1(c2ccccc2F)CCCC1)c1ccccn1. The lowest BCUT2D eigenvalue weighted by atomic mass is 9.87. The van der Waals surface area contributed by atoms with Gasteiger partial charge in [0.1, 0.15) is 11.5 Å². The molecule has 4 heteroatoms. The van der Waals surface area contributed by atoms with E-state index in [0.717, 1.165) is 25.7 Å². The molecule has 1 amide bonds. The maximum Gasteiger partial charge on any atom is 0.270 e. The van der Waals surface area contributed by atoms with Crippen molar-refractivity contribution in [2.75, 3.05) is 0 Å². The normalized spacial score (nSPS) is 16.6. The van der Waals surface area contributed by atoms with E-state index >= 15 is 0 Å². The topological polar surface area (TPSA) is 42.0 Å². The Balaban J connectivity index is 1.92. The van der Waals surface area contributed by atoms with E-state index in [2.05, 4.69) is 10.3 Å². The highest BCUT2D eigenvalue weighted by atomic mass is 19.1. The molecule has 0 radical (unpaired) electrons. The van der Waals surface area contributed by atoms with Crippen LogP contribution in [0.5, 0.6) is 0 Å². The molecular formula is C17H17FN2O. The first kappa shape index (κ1) is 13.7. The number of hydrogen-bond donors (Lipinski definition) is 1. The Kier molecular flexibility index (Phi) is 3.69. The standard InChI is InChI=1S/C17H17FN2O/c18-14-8-2-1-7-13(14)17(10-4-5-11-17)20-16(21)15-9-3-6-12-19-15/h1-3,6-9,12H,4-5,10-11H2,(H,20,21). The number of nitrogens with zero attached hydrogens (tertiary/aromatic N) is 1. The zero-order chi connectivity index (χ0) is 14.7. The van der Waals surface area contributed by atoms with Crippen molar-refractivity contribution in [3.63, 3.8) is 0 Å². The quantitative estimate of drug-likeness (QED) is 0.938. The highest BCUT2D eigenvalue weighted by molar-refractivity contribution is 5.92. The Hall–Kier alpha value is -2.23. The van der Waals surface area contributed by atoms with Crippen LogP contribution in [0.2, 0.25) is 0 Å². The van der Waals surface area contributed by atoms with Gasteiger partial charge in [-0.25, -0.2) is 4.39 Å². The molecular weight excluding hydrogens is 267 g/mol. The molecule has 0 bridgehead atoms. The number of halogens is 1. The maximum absolute atomic E-state index is 14.2. The smallest absolute Gasteiger partial charge is 0.270 e. The number of benzene rings is 1. The van der Waals surface area contributed by atoms with Crippen LogP contribution in [0.3, 0.4) is 0 Å². The average molecular weight is 284 g/mol. The summed E-state index contributed by atoms with van der Waals surface area (Å²) in [6.45, 7) is 0. The summed E-state index contributed by atoms with van der Waals surface area (Å²) in [7, 11) is 0. The summed E-state index contributed by atoms with van der Waals surface area (Å²) in [6.07, 6.45) is 5.06. The lowest BCUT2D eigenvalue weighted by Gasteiger charge is -2.31. The van der Waals surface area contributed by atoms with Gasteiger partial charge in [-0.15, -0.1) is 0 Å². The van der Waals surface area contributed by atoms with E-state index in [1.165, 1.54) is 6.07 Å². The number of hydrogen-bond acceptors (Lipinski definition) is 2. The number of nitrogens with one attached hydrogen (secondary N) is 1. The van der Waals surface area contributed by atoms with Crippen molar-refractivity contribution in [2.45, 2.75) is 31.2 Å². The van der Waals surface area contributed by atoms with E-state index < -0.39 is 5.54 Å². The Morgan fingerprint density at radius 3 is 2.48 bits per heavy atom. The maximum atomic E-state index is 14.2. The minimum Gasteiger partial charge on any atom is -0.341 e. The third kappa shape index (κ3) is 2.66. The van der Waals surface area contributed by atoms with E-state index in [0.29, 0.717) is 11.3 Å². The summed E-state index contributed by atoms with van der Waals surface area (Å²) in [4.78, 5) is 16.5. The molecule has 1 aliphatic rings. The van der Waals surface area contributed by atoms with Crippen LogP contribution in [-0.2, 0) is 5.54 Å². The number of pyridine rings is 1. The van der Waals surface area contributed by atoms with Gasteiger partial charge in [-0.05, 0) is 31.0 Å². The fraction of sp³-hybridized carbons (Fsp3) is 0.294. The zero-order valence-electron chi connectivity index (χ0n) is 11.7. The van der Waals surface area contributed by atoms with Gasteiger partial charge in [0.25, 0.3) is 5.91 Å². The molecule has 1 aliphatic carbocycles. The van der Waals surface area contributed by atoms with Crippen LogP contribution in [0.15, 0.2) is 48.7 Å². The third-order valence-electron chi connectivity index (χ3n) is 4.10. The lowest BCUT2D eigenvalue weighted by Crippen LogP contribution is -2.44. The van der Waals surface area contributed by atoms with Crippen molar-refractivity contribution < 1.29 is 9.18 Å². The second-order valence-electron chi connectivity index (χ2n) is 5.44. The summed E-state index contributed by atoms with van der Waals surface area (Å²) in [5.74, 6) is -0.513. The van der Waals surface area contributed by atoms with E-state index in [4.69, 9.17) is 0 Å². The molecule has 1 saturated carbocycles. The third-order valence-corrected chi connectivity index (χ3v) is 4.10. The first-order chi connectivity index (χ1) is 10.2. The molecule has 0 unspecified atom stereocenters. The van der Waals surface area contributed by atoms with Crippen molar-refractivity contribution in [2.24, 2.45) is 0 Å². The molecule has 2 aromatic rings. The molecule has 0 aliphatic heterocycles. The Labute approximate surface area is 123 Å². The van der Waals surface area contributed by atoms with Crippen molar-refractivity contribution >= 4 is 5.91 Å². The van der Waals surface area contributed by atoms with Crippen molar-refractivity contribution in [3.05, 3.63) is 65.7 Å². The van der Waals surface area contributed by atoms with Gasteiger partial charge in [0.05, 0.1) is 5.54 Å². The summed E-state index contributed by atoms with van der Waals surface area (Å²) >= 11 is 0. The van der Waals surface area contributed by atoms with E-state index in [9.17, 15) is 9.18 Å². The lowest BCUT2D eigenvalue weighted by molar-refractivity contribution is 0.0891. The molecule has 1 heterocycles. The molecule has 0 saturated heterocycles. The molecule has 0 spiro atoms. The predicted molar refractivity (Wildman–Crippen MR) is 78.2 cm³/mol. The molecule has 1 aromatic heterocycles. The van der Waals surface area contributed by atoms with Crippen molar-refractivity contribution in [1.29, 1.82) is 0 Å². The van der Waals surface area contributed by atoms with E-state index in [-0.39, 0.29) is 11.7 Å². The van der Waals surface area contributed by atoms with Crippen LogP contribution in [0.25, 0.3) is 0 Å². The van der Waals surface area contributed by atoms with Crippen LogP contribution in [0.1, 0.15) is 41.7 Å². The second kappa shape index (κ2) is 5.64. The largest absolute Gasteiger partial charge is 0.341 e. The molecule has 1 fully saturated rings. The highest BCUT2D eigenvalue weighted by Crippen LogP contribution is 2.39. The van der Waals surface area contributed by atoms with Gasteiger partial charge >= 0.3 is 0 Å². The van der Waals surface area contributed by atoms with Crippen LogP contribution >= 0.6 is 0 Å². The van der Waals surface area contributed by atoms with Gasteiger partial charge in [0, 0.05) is 11.8 Å². The Morgan fingerprint density at radius 1 is 1.10 bits per heavy atom. The minimum absolute atomic E-state index is 0.249. The van der Waals surface area contributed by atoms with Crippen molar-refractivity contribution in [1.82, 2.24) is 10.3 Å². The minimum atomic E-state index is -0.611. The molecule has 0 atom stereocenters. The molecule has 21 heavy (non-hydrogen) atoms. The molecule has 3 nitrogen and oxygen atoms in total. The van der Waals surface area contributed by atoms with Crippen molar-refractivity contribution in [3.8, 4) is 0 Å². The van der Waals surface area contributed by atoms with Gasteiger partial charge in [-0.3, -0.25) is 9.78 Å². The number of rotatable bonds is 3. The molecule has 1 N–H and O–H groups in total. The highest BCUT2D eigenvalue weighted by Gasteiger charge is 2.39. The average Bonchev–Trinajstić information content (AvgIpc) is 2.98. The van der Waals surface area contributed by atoms with E-state index in [1.54, 1.807) is 36.5 Å². The number of aromatic nitrogens is 1. The van der Waals surface area contributed by atoms with E-state index in [1.807, 2.05) is 6.07 Å². The zero-order valence-corrected chi connectivity index (χ0v) is 11.7. The predicted octanol–water partition coefficient (Wildman–Crippen LogP) is 3.42. The monoisotopic (exact) mass is 284 g/mol.